The zero-order valence-electron chi connectivity index (χ0n) is 9.54. The zero-order valence-corrected chi connectivity index (χ0v) is 9.54. The van der Waals surface area contributed by atoms with E-state index in [0.29, 0.717) is 6.07 Å². The van der Waals surface area contributed by atoms with Gasteiger partial charge in [-0.15, -0.1) is 0 Å². The summed E-state index contributed by atoms with van der Waals surface area (Å²) in [6.07, 6.45) is -1.99. The van der Waals surface area contributed by atoms with Gasteiger partial charge in [0.15, 0.2) is 6.10 Å². The van der Waals surface area contributed by atoms with Crippen LogP contribution in [0.5, 0.6) is 5.75 Å². The molecule has 0 fully saturated rings. The van der Waals surface area contributed by atoms with Crippen LogP contribution in [0, 0.1) is 17.0 Å². The quantitative estimate of drug-likeness (QED) is 0.625. The Morgan fingerprint density at radius 1 is 1.47 bits per heavy atom. The van der Waals surface area contributed by atoms with Crippen molar-refractivity contribution in [2.24, 2.45) is 0 Å². The van der Waals surface area contributed by atoms with Gasteiger partial charge in [-0.25, -0.2) is 4.79 Å². The SMILES string of the molecule is Cc1cc(C(O)C(=O)O)cc([N+](=O)[O-])c1OC(F)F. The first-order valence-electron chi connectivity index (χ1n) is 4.88. The van der Waals surface area contributed by atoms with E-state index in [4.69, 9.17) is 5.11 Å². The Hall–Kier alpha value is -2.29. The van der Waals surface area contributed by atoms with Crippen LogP contribution in [0.15, 0.2) is 12.1 Å². The Bertz CT molecular complexity index is 519. The predicted octanol–water partition coefficient (Wildman–Crippen LogP) is 1.62. The number of carbonyl (C=O) groups is 1. The summed E-state index contributed by atoms with van der Waals surface area (Å²) in [5.41, 5.74) is -1.21. The highest BCUT2D eigenvalue weighted by atomic mass is 19.3. The van der Waals surface area contributed by atoms with Crippen molar-refractivity contribution in [3.8, 4) is 5.75 Å². The first kappa shape index (κ1) is 14.8. The molecule has 7 nitrogen and oxygen atoms in total. The van der Waals surface area contributed by atoms with Crippen LogP contribution in [0.3, 0.4) is 0 Å². The molecule has 104 valence electrons. The number of aliphatic carboxylic acids is 1. The van der Waals surface area contributed by atoms with Gasteiger partial charge in [-0.2, -0.15) is 8.78 Å². The molecule has 0 bridgehead atoms. The van der Waals surface area contributed by atoms with Gasteiger partial charge in [0.25, 0.3) is 0 Å². The lowest BCUT2D eigenvalue weighted by Gasteiger charge is -2.12. The lowest BCUT2D eigenvalue weighted by molar-refractivity contribution is -0.386. The third-order valence-corrected chi connectivity index (χ3v) is 2.23. The number of hydrogen-bond donors (Lipinski definition) is 2. The molecular formula is C10H9F2NO6. The summed E-state index contributed by atoms with van der Waals surface area (Å²) in [7, 11) is 0. The smallest absolute Gasteiger partial charge is 0.387 e. The van der Waals surface area contributed by atoms with Gasteiger partial charge >= 0.3 is 18.3 Å². The van der Waals surface area contributed by atoms with Crippen molar-refractivity contribution in [3.63, 3.8) is 0 Å². The number of aliphatic hydroxyl groups excluding tert-OH is 1. The number of ether oxygens (including phenoxy) is 1. The number of aryl methyl sites for hydroxylation is 1. The number of hydrogen-bond acceptors (Lipinski definition) is 5. The number of aliphatic hydroxyl groups is 1. The van der Waals surface area contributed by atoms with Gasteiger partial charge in [-0.1, -0.05) is 0 Å². The van der Waals surface area contributed by atoms with Crippen LogP contribution >= 0.6 is 0 Å². The van der Waals surface area contributed by atoms with E-state index in [1.165, 1.54) is 6.92 Å². The van der Waals surface area contributed by atoms with Crippen molar-refractivity contribution in [2.45, 2.75) is 19.6 Å². The van der Waals surface area contributed by atoms with Crippen molar-refractivity contribution in [2.75, 3.05) is 0 Å². The molecule has 1 aromatic carbocycles. The number of alkyl halides is 2. The summed E-state index contributed by atoms with van der Waals surface area (Å²) >= 11 is 0. The normalized spacial score (nSPS) is 12.3. The maximum absolute atomic E-state index is 12.1. The first-order valence-corrected chi connectivity index (χ1v) is 4.88. The molecule has 0 heterocycles. The van der Waals surface area contributed by atoms with Crippen molar-refractivity contribution >= 4 is 11.7 Å². The third-order valence-electron chi connectivity index (χ3n) is 2.23. The van der Waals surface area contributed by atoms with Crippen LogP contribution in [0.2, 0.25) is 0 Å². The van der Waals surface area contributed by atoms with E-state index in [1.807, 2.05) is 0 Å². The molecule has 9 heteroatoms. The maximum atomic E-state index is 12.1. The summed E-state index contributed by atoms with van der Waals surface area (Å²) in [4.78, 5) is 20.3. The average molecular weight is 277 g/mol. The Morgan fingerprint density at radius 2 is 2.05 bits per heavy atom. The Morgan fingerprint density at radius 3 is 2.47 bits per heavy atom. The monoisotopic (exact) mass is 277 g/mol. The topological polar surface area (TPSA) is 110 Å². The molecule has 1 rings (SSSR count). The molecule has 1 aromatic rings. The number of nitro benzene ring substituents is 1. The summed E-state index contributed by atoms with van der Waals surface area (Å²) in [6, 6.07) is 1.72. The highest BCUT2D eigenvalue weighted by molar-refractivity contribution is 5.75. The van der Waals surface area contributed by atoms with Crippen LogP contribution in [-0.4, -0.2) is 27.7 Å². The Kier molecular flexibility index (Phi) is 4.33. The van der Waals surface area contributed by atoms with E-state index < -0.39 is 35.0 Å². The molecule has 0 aliphatic heterocycles. The standard InChI is InChI=1S/C10H9F2NO6/c1-4-2-5(7(14)9(15)16)3-6(13(17)18)8(4)19-10(11)12/h2-3,7,10,14H,1H3,(H,15,16). The molecule has 0 aliphatic carbocycles. The van der Waals surface area contributed by atoms with Crippen LogP contribution in [0.1, 0.15) is 17.2 Å². The highest BCUT2D eigenvalue weighted by Crippen LogP contribution is 2.35. The van der Waals surface area contributed by atoms with Gasteiger partial charge < -0.3 is 14.9 Å². The fourth-order valence-electron chi connectivity index (χ4n) is 1.46. The van der Waals surface area contributed by atoms with Crippen LogP contribution in [0.25, 0.3) is 0 Å². The second-order valence-corrected chi connectivity index (χ2v) is 3.56. The summed E-state index contributed by atoms with van der Waals surface area (Å²) in [6.45, 7) is -2.03. The number of halogens is 2. The van der Waals surface area contributed by atoms with Crippen LogP contribution < -0.4 is 4.74 Å². The Balaban J connectivity index is 3.37. The molecule has 0 saturated heterocycles. The fraction of sp³-hybridized carbons (Fsp3) is 0.300. The molecule has 1 atom stereocenters. The number of carboxylic acids is 1. The van der Waals surface area contributed by atoms with Crippen molar-refractivity contribution in [3.05, 3.63) is 33.4 Å². The summed E-state index contributed by atoms with van der Waals surface area (Å²) in [5.74, 6) is -2.28. The average Bonchev–Trinajstić information content (AvgIpc) is 2.29. The third kappa shape index (κ3) is 3.35. The second-order valence-electron chi connectivity index (χ2n) is 3.56. The van der Waals surface area contributed by atoms with Gasteiger partial charge in [-0.3, -0.25) is 10.1 Å². The van der Waals surface area contributed by atoms with E-state index in [0.717, 1.165) is 6.07 Å². The molecule has 0 saturated carbocycles. The number of carboxylic acid groups (broad SMARTS) is 1. The zero-order chi connectivity index (χ0) is 14.7. The van der Waals surface area contributed by atoms with Gasteiger partial charge in [0.2, 0.25) is 5.75 Å². The number of nitrogens with zero attached hydrogens (tertiary/aromatic N) is 1. The van der Waals surface area contributed by atoms with Gasteiger partial charge in [0.1, 0.15) is 0 Å². The van der Waals surface area contributed by atoms with E-state index >= 15 is 0 Å². The number of nitro groups is 1. The fourth-order valence-corrected chi connectivity index (χ4v) is 1.46. The summed E-state index contributed by atoms with van der Waals surface area (Å²) < 4.78 is 28.3. The van der Waals surface area contributed by atoms with Gasteiger partial charge in [0.05, 0.1) is 4.92 Å². The largest absolute Gasteiger partial charge is 0.479 e. The minimum atomic E-state index is -3.26. The van der Waals surface area contributed by atoms with E-state index in [1.54, 1.807) is 0 Å². The molecule has 0 amide bonds. The predicted molar refractivity (Wildman–Crippen MR) is 57.1 cm³/mol. The first-order chi connectivity index (χ1) is 8.73. The summed E-state index contributed by atoms with van der Waals surface area (Å²) in [5, 5.41) is 28.6. The van der Waals surface area contributed by atoms with Crippen molar-refractivity contribution in [1.29, 1.82) is 0 Å². The molecule has 2 N–H and O–H groups in total. The molecular weight excluding hydrogens is 268 g/mol. The van der Waals surface area contributed by atoms with Gasteiger partial charge in [-0.05, 0) is 24.1 Å². The van der Waals surface area contributed by atoms with Crippen LogP contribution in [0.4, 0.5) is 14.5 Å². The van der Waals surface area contributed by atoms with E-state index in [2.05, 4.69) is 4.74 Å². The van der Waals surface area contributed by atoms with Gasteiger partial charge in [0, 0.05) is 6.07 Å². The second kappa shape index (κ2) is 5.57. The van der Waals surface area contributed by atoms with Crippen LogP contribution in [-0.2, 0) is 4.79 Å². The van der Waals surface area contributed by atoms with Crippen molar-refractivity contribution in [1.82, 2.24) is 0 Å². The lowest BCUT2D eigenvalue weighted by atomic mass is 10.0. The Labute approximate surface area is 105 Å². The number of rotatable bonds is 5. The number of benzene rings is 1. The molecule has 19 heavy (non-hydrogen) atoms. The highest BCUT2D eigenvalue weighted by Gasteiger charge is 2.26. The van der Waals surface area contributed by atoms with E-state index in [-0.39, 0.29) is 11.1 Å². The molecule has 0 aromatic heterocycles. The van der Waals surface area contributed by atoms with E-state index in [9.17, 15) is 28.8 Å². The lowest BCUT2D eigenvalue weighted by Crippen LogP contribution is -2.12. The maximum Gasteiger partial charge on any atom is 0.387 e. The molecule has 0 spiro atoms. The molecule has 1 unspecified atom stereocenters. The van der Waals surface area contributed by atoms with Crippen molar-refractivity contribution < 1.29 is 33.4 Å². The molecule has 0 radical (unpaired) electrons. The minimum absolute atomic E-state index is 0.0789. The molecule has 0 aliphatic rings. The minimum Gasteiger partial charge on any atom is -0.479 e.